The number of aryl methyl sites for hydroxylation is 2. The van der Waals surface area contributed by atoms with E-state index in [0.717, 1.165) is 12.8 Å². The Balaban J connectivity index is 2.18. The van der Waals surface area contributed by atoms with E-state index in [4.69, 9.17) is 0 Å². The standard InChI is InChI=1S/C16H17NO/c1-17-16-14-5-3-2-4-11(14)6-7-12-10-13(18)8-9-15(12)16/h2-5,8-10,16-18H,6-7H2,1H3. The van der Waals surface area contributed by atoms with Crippen LogP contribution in [-0.2, 0) is 12.8 Å². The molecular weight excluding hydrogens is 222 g/mol. The first kappa shape index (κ1) is 11.3. The Bertz CT molecular complexity index is 577. The molecule has 0 fully saturated rings. The molecule has 1 aliphatic carbocycles. The van der Waals surface area contributed by atoms with Crippen LogP contribution in [0.3, 0.4) is 0 Å². The van der Waals surface area contributed by atoms with Crippen molar-refractivity contribution in [2.45, 2.75) is 18.9 Å². The molecule has 0 amide bonds. The van der Waals surface area contributed by atoms with E-state index in [1.807, 2.05) is 19.2 Å². The van der Waals surface area contributed by atoms with Gasteiger partial charge in [0.25, 0.3) is 0 Å². The predicted octanol–water partition coefficient (Wildman–Crippen LogP) is 2.80. The van der Waals surface area contributed by atoms with E-state index < -0.39 is 0 Å². The van der Waals surface area contributed by atoms with Gasteiger partial charge in [0, 0.05) is 0 Å². The lowest BCUT2D eigenvalue weighted by Gasteiger charge is -2.19. The van der Waals surface area contributed by atoms with Gasteiger partial charge in [0.1, 0.15) is 5.75 Å². The molecule has 1 unspecified atom stereocenters. The van der Waals surface area contributed by atoms with E-state index in [0.29, 0.717) is 5.75 Å². The number of rotatable bonds is 1. The molecule has 2 N–H and O–H groups in total. The summed E-state index contributed by atoms with van der Waals surface area (Å²) in [7, 11) is 1.99. The van der Waals surface area contributed by atoms with Crippen LogP contribution in [0.25, 0.3) is 0 Å². The molecule has 18 heavy (non-hydrogen) atoms. The second kappa shape index (κ2) is 4.46. The average Bonchev–Trinajstić information content (AvgIpc) is 2.55. The van der Waals surface area contributed by atoms with Gasteiger partial charge in [-0.1, -0.05) is 30.3 Å². The Labute approximate surface area is 107 Å². The minimum Gasteiger partial charge on any atom is -0.508 e. The number of phenolic OH excluding ortho intramolecular Hbond substituents is 1. The minimum atomic E-state index is 0.222. The van der Waals surface area contributed by atoms with Gasteiger partial charge in [-0.25, -0.2) is 0 Å². The second-order valence-electron chi connectivity index (χ2n) is 4.80. The molecule has 1 atom stereocenters. The van der Waals surface area contributed by atoms with Crippen molar-refractivity contribution in [3.05, 3.63) is 64.7 Å². The van der Waals surface area contributed by atoms with Crippen molar-refractivity contribution >= 4 is 0 Å². The second-order valence-corrected chi connectivity index (χ2v) is 4.80. The topological polar surface area (TPSA) is 32.3 Å². The Hall–Kier alpha value is -1.80. The van der Waals surface area contributed by atoms with Crippen LogP contribution in [0.5, 0.6) is 5.75 Å². The lowest BCUT2D eigenvalue weighted by Crippen LogP contribution is -2.18. The Morgan fingerprint density at radius 2 is 1.72 bits per heavy atom. The summed E-state index contributed by atoms with van der Waals surface area (Å²) in [5.41, 5.74) is 5.27. The fraction of sp³-hybridized carbons (Fsp3) is 0.250. The Morgan fingerprint density at radius 1 is 1.00 bits per heavy atom. The van der Waals surface area contributed by atoms with Gasteiger partial charge in [0.2, 0.25) is 0 Å². The van der Waals surface area contributed by atoms with E-state index in [1.54, 1.807) is 6.07 Å². The molecule has 92 valence electrons. The van der Waals surface area contributed by atoms with Gasteiger partial charge in [-0.2, -0.15) is 0 Å². The molecule has 0 bridgehead atoms. The third-order valence-corrected chi connectivity index (χ3v) is 3.76. The number of fused-ring (bicyclic) bond motifs is 2. The number of phenols is 1. The normalized spacial score (nSPS) is 17.7. The minimum absolute atomic E-state index is 0.222. The first-order chi connectivity index (χ1) is 8.79. The van der Waals surface area contributed by atoms with Crippen LogP contribution in [0.1, 0.15) is 28.3 Å². The lowest BCUT2D eigenvalue weighted by molar-refractivity contribution is 0.474. The van der Waals surface area contributed by atoms with Crippen LogP contribution in [0.15, 0.2) is 42.5 Å². The highest BCUT2D eigenvalue weighted by Crippen LogP contribution is 2.33. The Morgan fingerprint density at radius 3 is 2.56 bits per heavy atom. The molecule has 0 aromatic heterocycles. The maximum atomic E-state index is 9.64. The zero-order chi connectivity index (χ0) is 12.5. The maximum absolute atomic E-state index is 9.64. The van der Waals surface area contributed by atoms with Crippen molar-refractivity contribution in [1.29, 1.82) is 0 Å². The van der Waals surface area contributed by atoms with Gasteiger partial charge >= 0.3 is 0 Å². The molecule has 0 saturated heterocycles. The molecule has 0 saturated carbocycles. The third kappa shape index (κ3) is 1.79. The molecule has 2 aromatic carbocycles. The average molecular weight is 239 g/mol. The lowest BCUT2D eigenvalue weighted by atomic mass is 9.95. The van der Waals surface area contributed by atoms with Gasteiger partial charge in [-0.3, -0.25) is 0 Å². The van der Waals surface area contributed by atoms with Gasteiger partial charge in [0.05, 0.1) is 6.04 Å². The number of benzene rings is 2. The zero-order valence-electron chi connectivity index (χ0n) is 10.5. The van der Waals surface area contributed by atoms with E-state index in [9.17, 15) is 5.11 Å². The fourth-order valence-corrected chi connectivity index (χ4v) is 2.88. The molecule has 0 heterocycles. The first-order valence-corrected chi connectivity index (χ1v) is 6.36. The molecule has 0 radical (unpaired) electrons. The first-order valence-electron chi connectivity index (χ1n) is 6.36. The molecule has 2 nitrogen and oxygen atoms in total. The Kier molecular flexibility index (Phi) is 2.80. The summed E-state index contributed by atoms with van der Waals surface area (Å²) in [6.45, 7) is 0. The highest BCUT2D eigenvalue weighted by atomic mass is 16.3. The summed E-state index contributed by atoms with van der Waals surface area (Å²) in [6.07, 6.45) is 2.02. The predicted molar refractivity (Wildman–Crippen MR) is 72.9 cm³/mol. The van der Waals surface area contributed by atoms with E-state index >= 15 is 0 Å². The van der Waals surface area contributed by atoms with Crippen LogP contribution >= 0.6 is 0 Å². The van der Waals surface area contributed by atoms with Crippen LogP contribution in [0, 0.1) is 0 Å². The zero-order valence-corrected chi connectivity index (χ0v) is 10.5. The number of hydrogen-bond acceptors (Lipinski definition) is 2. The third-order valence-electron chi connectivity index (χ3n) is 3.76. The summed E-state index contributed by atoms with van der Waals surface area (Å²) in [4.78, 5) is 0. The van der Waals surface area contributed by atoms with Crippen molar-refractivity contribution in [2.75, 3.05) is 7.05 Å². The van der Waals surface area contributed by atoms with E-state index in [-0.39, 0.29) is 6.04 Å². The van der Waals surface area contributed by atoms with Crippen LogP contribution < -0.4 is 5.32 Å². The van der Waals surface area contributed by atoms with Crippen molar-refractivity contribution in [3.8, 4) is 5.75 Å². The van der Waals surface area contributed by atoms with Gasteiger partial charge in [-0.05, 0) is 54.3 Å². The van der Waals surface area contributed by atoms with Crippen molar-refractivity contribution < 1.29 is 5.11 Å². The van der Waals surface area contributed by atoms with Crippen LogP contribution in [0.2, 0.25) is 0 Å². The van der Waals surface area contributed by atoms with Crippen molar-refractivity contribution in [3.63, 3.8) is 0 Å². The summed E-state index contributed by atoms with van der Waals surface area (Å²) in [6, 6.07) is 14.5. The maximum Gasteiger partial charge on any atom is 0.115 e. The quantitative estimate of drug-likeness (QED) is 0.802. The SMILES string of the molecule is CNC1c2ccccc2CCc2cc(O)ccc21. The molecule has 2 heteroatoms. The molecule has 2 aromatic rings. The molecular formula is C16H17NO. The van der Waals surface area contributed by atoms with E-state index in [1.165, 1.54) is 22.3 Å². The summed E-state index contributed by atoms with van der Waals surface area (Å²) in [5, 5.41) is 13.0. The monoisotopic (exact) mass is 239 g/mol. The summed E-state index contributed by atoms with van der Waals surface area (Å²) >= 11 is 0. The van der Waals surface area contributed by atoms with Crippen LogP contribution in [0.4, 0.5) is 0 Å². The highest BCUT2D eigenvalue weighted by Gasteiger charge is 2.21. The number of hydrogen-bond donors (Lipinski definition) is 2. The molecule has 0 aliphatic heterocycles. The van der Waals surface area contributed by atoms with Crippen LogP contribution in [-0.4, -0.2) is 12.2 Å². The summed E-state index contributed by atoms with van der Waals surface area (Å²) in [5.74, 6) is 0.356. The molecule has 1 aliphatic rings. The van der Waals surface area contributed by atoms with Gasteiger partial charge in [-0.15, -0.1) is 0 Å². The largest absolute Gasteiger partial charge is 0.508 e. The number of nitrogens with one attached hydrogen (secondary N) is 1. The summed E-state index contributed by atoms with van der Waals surface area (Å²) < 4.78 is 0. The smallest absolute Gasteiger partial charge is 0.115 e. The molecule has 0 spiro atoms. The fourth-order valence-electron chi connectivity index (χ4n) is 2.88. The van der Waals surface area contributed by atoms with Gasteiger partial charge < -0.3 is 10.4 Å². The highest BCUT2D eigenvalue weighted by molar-refractivity contribution is 5.46. The van der Waals surface area contributed by atoms with Gasteiger partial charge in [0.15, 0.2) is 0 Å². The molecule has 3 rings (SSSR count). The number of aromatic hydroxyl groups is 1. The van der Waals surface area contributed by atoms with Crippen molar-refractivity contribution in [2.24, 2.45) is 0 Å². The van der Waals surface area contributed by atoms with Crippen molar-refractivity contribution in [1.82, 2.24) is 5.32 Å². The van der Waals surface area contributed by atoms with E-state index in [2.05, 4.69) is 29.6 Å².